The Morgan fingerprint density at radius 2 is 2.05 bits per heavy atom. The molecule has 122 valence electrons. The van der Waals surface area contributed by atoms with Crippen LogP contribution in [0.4, 0.5) is 5.82 Å². The van der Waals surface area contributed by atoms with Gasteiger partial charge < -0.3 is 15.3 Å². The van der Waals surface area contributed by atoms with E-state index in [4.69, 9.17) is 0 Å². The van der Waals surface area contributed by atoms with Gasteiger partial charge in [0.25, 0.3) is 5.56 Å². The molecule has 6 heteroatoms. The standard InChI is InChI=1S/C16H26N4O2/c1-19-8-6-16(22,7-9-19)11-20-12-17-14(10-15(20)21)18-13-4-2-3-5-13/h10,12-13,18,22H,2-9,11H2,1H3. The van der Waals surface area contributed by atoms with E-state index in [9.17, 15) is 9.90 Å². The van der Waals surface area contributed by atoms with Gasteiger partial charge in [-0.15, -0.1) is 0 Å². The minimum atomic E-state index is -0.793. The van der Waals surface area contributed by atoms with E-state index >= 15 is 0 Å². The van der Waals surface area contributed by atoms with Gasteiger partial charge in [-0.1, -0.05) is 12.8 Å². The van der Waals surface area contributed by atoms with Gasteiger partial charge in [-0.05, 0) is 32.7 Å². The van der Waals surface area contributed by atoms with Crippen LogP contribution in [0.2, 0.25) is 0 Å². The predicted molar refractivity (Wildman–Crippen MR) is 86.1 cm³/mol. The number of rotatable bonds is 4. The molecule has 2 N–H and O–H groups in total. The molecule has 2 fully saturated rings. The molecule has 1 saturated carbocycles. The summed E-state index contributed by atoms with van der Waals surface area (Å²) in [5.74, 6) is 0.656. The number of anilines is 1. The maximum atomic E-state index is 12.3. The summed E-state index contributed by atoms with van der Waals surface area (Å²) in [6.45, 7) is 2.05. The fraction of sp³-hybridized carbons (Fsp3) is 0.750. The predicted octanol–water partition coefficient (Wildman–Crippen LogP) is 1.05. The van der Waals surface area contributed by atoms with E-state index in [1.165, 1.54) is 17.4 Å². The van der Waals surface area contributed by atoms with E-state index in [1.807, 2.05) is 0 Å². The molecule has 22 heavy (non-hydrogen) atoms. The Bertz CT molecular complexity index is 558. The number of aromatic nitrogens is 2. The quantitative estimate of drug-likeness (QED) is 0.870. The molecular formula is C16H26N4O2. The zero-order chi connectivity index (χ0) is 15.6. The first kappa shape index (κ1) is 15.5. The average Bonchev–Trinajstić information content (AvgIpc) is 2.99. The van der Waals surface area contributed by atoms with Crippen molar-refractivity contribution < 1.29 is 5.11 Å². The van der Waals surface area contributed by atoms with Gasteiger partial charge in [-0.3, -0.25) is 9.36 Å². The van der Waals surface area contributed by atoms with E-state index in [0.717, 1.165) is 25.9 Å². The molecule has 6 nitrogen and oxygen atoms in total. The van der Waals surface area contributed by atoms with E-state index < -0.39 is 5.60 Å². The highest BCUT2D eigenvalue weighted by Gasteiger charge is 2.31. The molecule has 2 aliphatic rings. The van der Waals surface area contributed by atoms with Crippen LogP contribution in [-0.2, 0) is 6.54 Å². The number of nitrogens with zero attached hydrogens (tertiary/aromatic N) is 3. The third kappa shape index (κ3) is 3.67. The van der Waals surface area contributed by atoms with E-state index in [0.29, 0.717) is 31.2 Å². The van der Waals surface area contributed by atoms with Crippen LogP contribution in [-0.4, -0.2) is 51.3 Å². The largest absolute Gasteiger partial charge is 0.388 e. The summed E-state index contributed by atoms with van der Waals surface area (Å²) in [6, 6.07) is 2.00. The fourth-order valence-electron chi connectivity index (χ4n) is 3.41. The second-order valence-corrected chi connectivity index (χ2v) is 6.89. The van der Waals surface area contributed by atoms with Crippen molar-refractivity contribution in [2.75, 3.05) is 25.5 Å². The lowest BCUT2D eigenvalue weighted by molar-refractivity contribution is -0.0299. The molecule has 1 aliphatic heterocycles. The van der Waals surface area contributed by atoms with Crippen molar-refractivity contribution in [3.05, 3.63) is 22.7 Å². The van der Waals surface area contributed by atoms with Gasteiger partial charge in [0.1, 0.15) is 5.82 Å². The Balaban J connectivity index is 1.65. The second-order valence-electron chi connectivity index (χ2n) is 6.89. The zero-order valence-electron chi connectivity index (χ0n) is 13.3. The summed E-state index contributed by atoms with van der Waals surface area (Å²) in [7, 11) is 2.05. The minimum absolute atomic E-state index is 0.0946. The second kappa shape index (κ2) is 6.38. The van der Waals surface area contributed by atoms with Crippen LogP contribution in [0.15, 0.2) is 17.2 Å². The summed E-state index contributed by atoms with van der Waals surface area (Å²) in [4.78, 5) is 18.8. The van der Waals surface area contributed by atoms with Gasteiger partial charge in [0.15, 0.2) is 0 Å². The van der Waals surface area contributed by atoms with Crippen LogP contribution in [0.1, 0.15) is 38.5 Å². The molecule has 0 radical (unpaired) electrons. The summed E-state index contributed by atoms with van der Waals surface area (Å²) in [6.07, 6.45) is 7.74. The van der Waals surface area contributed by atoms with Gasteiger partial charge in [0, 0.05) is 25.2 Å². The SMILES string of the molecule is CN1CCC(O)(Cn2cnc(NC3CCCC3)cc2=O)CC1. The average molecular weight is 306 g/mol. The van der Waals surface area contributed by atoms with Crippen molar-refractivity contribution in [3.63, 3.8) is 0 Å². The van der Waals surface area contributed by atoms with Gasteiger partial charge in [0.05, 0.1) is 18.5 Å². The van der Waals surface area contributed by atoms with Gasteiger partial charge in [-0.25, -0.2) is 4.98 Å². The van der Waals surface area contributed by atoms with Crippen LogP contribution in [0.3, 0.4) is 0 Å². The topological polar surface area (TPSA) is 70.4 Å². The Morgan fingerprint density at radius 3 is 2.68 bits per heavy atom. The molecule has 3 rings (SSSR count). The molecule has 0 aromatic carbocycles. The molecule has 1 aliphatic carbocycles. The van der Waals surface area contributed by atoms with Gasteiger partial charge in [0.2, 0.25) is 0 Å². The molecule has 0 atom stereocenters. The fourth-order valence-corrected chi connectivity index (χ4v) is 3.41. The van der Waals surface area contributed by atoms with E-state index in [1.54, 1.807) is 12.4 Å². The van der Waals surface area contributed by atoms with Crippen LogP contribution < -0.4 is 10.9 Å². The van der Waals surface area contributed by atoms with Crippen molar-refractivity contribution in [1.29, 1.82) is 0 Å². The van der Waals surface area contributed by atoms with Crippen molar-refractivity contribution in [3.8, 4) is 0 Å². The lowest BCUT2D eigenvalue weighted by Gasteiger charge is -2.36. The molecule has 0 bridgehead atoms. The highest BCUT2D eigenvalue weighted by molar-refractivity contribution is 5.33. The van der Waals surface area contributed by atoms with Crippen molar-refractivity contribution in [1.82, 2.24) is 14.5 Å². The van der Waals surface area contributed by atoms with Crippen molar-refractivity contribution in [2.45, 2.75) is 56.7 Å². The van der Waals surface area contributed by atoms with E-state index in [-0.39, 0.29) is 5.56 Å². The molecule has 1 aromatic rings. The molecule has 2 heterocycles. The Morgan fingerprint density at radius 1 is 1.36 bits per heavy atom. The molecule has 1 aromatic heterocycles. The molecule has 0 unspecified atom stereocenters. The van der Waals surface area contributed by atoms with Crippen LogP contribution in [0.25, 0.3) is 0 Å². The van der Waals surface area contributed by atoms with Crippen molar-refractivity contribution in [2.24, 2.45) is 0 Å². The highest BCUT2D eigenvalue weighted by atomic mass is 16.3. The monoisotopic (exact) mass is 306 g/mol. The number of hydrogen-bond donors (Lipinski definition) is 2. The van der Waals surface area contributed by atoms with Gasteiger partial charge in [-0.2, -0.15) is 0 Å². The lowest BCUT2D eigenvalue weighted by Crippen LogP contribution is -2.46. The summed E-state index contributed by atoms with van der Waals surface area (Å²) in [5, 5.41) is 14.0. The first-order valence-corrected chi connectivity index (χ1v) is 8.28. The number of nitrogens with one attached hydrogen (secondary N) is 1. The number of likely N-dealkylation sites (tertiary alicyclic amines) is 1. The maximum Gasteiger partial charge on any atom is 0.255 e. The van der Waals surface area contributed by atoms with Gasteiger partial charge >= 0.3 is 0 Å². The molecule has 1 saturated heterocycles. The highest BCUT2D eigenvalue weighted by Crippen LogP contribution is 2.23. The van der Waals surface area contributed by atoms with E-state index in [2.05, 4.69) is 22.2 Å². The lowest BCUT2D eigenvalue weighted by atomic mass is 9.91. The first-order valence-electron chi connectivity index (χ1n) is 8.28. The molecule has 0 amide bonds. The zero-order valence-corrected chi connectivity index (χ0v) is 13.3. The van der Waals surface area contributed by atoms with Crippen LogP contribution >= 0.6 is 0 Å². The Labute approximate surface area is 131 Å². The third-order valence-electron chi connectivity index (χ3n) is 4.97. The van der Waals surface area contributed by atoms with Crippen molar-refractivity contribution >= 4 is 5.82 Å². The third-order valence-corrected chi connectivity index (χ3v) is 4.97. The Hall–Kier alpha value is -1.40. The summed E-state index contributed by atoms with van der Waals surface area (Å²) in [5.41, 5.74) is -0.888. The Kier molecular flexibility index (Phi) is 4.49. The number of piperidine rings is 1. The van der Waals surface area contributed by atoms with Crippen LogP contribution in [0, 0.1) is 0 Å². The smallest absolute Gasteiger partial charge is 0.255 e. The summed E-state index contributed by atoms with van der Waals surface area (Å²) < 4.78 is 1.53. The maximum absolute atomic E-state index is 12.3. The molecule has 0 spiro atoms. The minimum Gasteiger partial charge on any atom is -0.388 e. The normalized spacial score (nSPS) is 22.8. The summed E-state index contributed by atoms with van der Waals surface area (Å²) >= 11 is 0. The van der Waals surface area contributed by atoms with Crippen LogP contribution in [0.5, 0.6) is 0 Å². The molecular weight excluding hydrogens is 280 g/mol. The first-order chi connectivity index (χ1) is 10.5. The number of aliphatic hydroxyl groups is 1. The number of hydrogen-bond acceptors (Lipinski definition) is 5.